The van der Waals surface area contributed by atoms with E-state index < -0.39 is 0 Å². The highest BCUT2D eigenvalue weighted by Crippen LogP contribution is 2.23. The SMILES string of the molecule is CN(CC(=O)Nc1ncc(Cl)cc1Cl)C1CCC(N)CC1. The quantitative estimate of drug-likeness (QED) is 0.889. The van der Waals surface area contributed by atoms with Gasteiger partial charge in [-0.25, -0.2) is 4.98 Å². The molecule has 1 aliphatic rings. The Hall–Kier alpha value is -0.880. The Labute approximate surface area is 134 Å². The molecule has 0 bridgehead atoms. The summed E-state index contributed by atoms with van der Waals surface area (Å²) in [5, 5.41) is 3.48. The summed E-state index contributed by atoms with van der Waals surface area (Å²) in [6, 6.07) is 2.27. The number of aromatic nitrogens is 1. The van der Waals surface area contributed by atoms with Crippen LogP contribution in [0.15, 0.2) is 12.3 Å². The van der Waals surface area contributed by atoms with Gasteiger partial charge in [0.05, 0.1) is 16.6 Å². The van der Waals surface area contributed by atoms with E-state index in [1.165, 1.54) is 6.20 Å². The lowest BCUT2D eigenvalue weighted by Crippen LogP contribution is -2.42. The number of halogens is 2. The van der Waals surface area contributed by atoms with Gasteiger partial charge >= 0.3 is 0 Å². The van der Waals surface area contributed by atoms with Gasteiger partial charge in [0, 0.05) is 18.3 Å². The van der Waals surface area contributed by atoms with Crippen molar-refractivity contribution in [2.24, 2.45) is 5.73 Å². The molecule has 0 saturated heterocycles. The van der Waals surface area contributed by atoms with Crippen LogP contribution in [0.3, 0.4) is 0 Å². The fourth-order valence-electron chi connectivity index (χ4n) is 2.58. The minimum Gasteiger partial charge on any atom is -0.328 e. The van der Waals surface area contributed by atoms with Gasteiger partial charge in [-0.2, -0.15) is 0 Å². The van der Waals surface area contributed by atoms with Crippen molar-refractivity contribution in [2.75, 3.05) is 18.9 Å². The van der Waals surface area contributed by atoms with Gasteiger partial charge in [0.15, 0.2) is 5.82 Å². The van der Waals surface area contributed by atoms with Crippen LogP contribution in [0.2, 0.25) is 10.0 Å². The van der Waals surface area contributed by atoms with Crippen molar-refractivity contribution in [3.8, 4) is 0 Å². The van der Waals surface area contributed by atoms with Crippen molar-refractivity contribution in [3.63, 3.8) is 0 Å². The van der Waals surface area contributed by atoms with Crippen LogP contribution in [0, 0.1) is 0 Å². The first-order valence-corrected chi connectivity index (χ1v) is 7.78. The van der Waals surface area contributed by atoms with Crippen molar-refractivity contribution in [2.45, 2.75) is 37.8 Å². The molecule has 21 heavy (non-hydrogen) atoms. The van der Waals surface area contributed by atoms with E-state index in [1.807, 2.05) is 7.05 Å². The predicted molar refractivity (Wildman–Crippen MR) is 85.7 cm³/mol. The Morgan fingerprint density at radius 3 is 2.71 bits per heavy atom. The molecule has 116 valence electrons. The number of nitrogens with zero attached hydrogens (tertiary/aromatic N) is 2. The third-order valence-electron chi connectivity index (χ3n) is 3.82. The molecule has 1 saturated carbocycles. The molecule has 1 aromatic heterocycles. The summed E-state index contributed by atoms with van der Waals surface area (Å²) in [6.45, 7) is 0.306. The zero-order valence-electron chi connectivity index (χ0n) is 12.0. The smallest absolute Gasteiger partial charge is 0.239 e. The molecule has 1 amide bonds. The highest BCUT2D eigenvalue weighted by atomic mass is 35.5. The second-order valence-electron chi connectivity index (χ2n) is 5.52. The second kappa shape index (κ2) is 7.40. The Morgan fingerprint density at radius 1 is 1.43 bits per heavy atom. The third kappa shape index (κ3) is 4.81. The van der Waals surface area contributed by atoms with Gasteiger partial charge in [0.1, 0.15) is 0 Å². The van der Waals surface area contributed by atoms with Gasteiger partial charge in [-0.1, -0.05) is 23.2 Å². The summed E-state index contributed by atoms with van der Waals surface area (Å²) in [4.78, 5) is 18.1. The van der Waals surface area contributed by atoms with Crippen molar-refractivity contribution in [1.29, 1.82) is 0 Å². The number of amides is 1. The van der Waals surface area contributed by atoms with Gasteiger partial charge in [-0.3, -0.25) is 9.69 Å². The second-order valence-corrected chi connectivity index (χ2v) is 6.36. The third-order valence-corrected chi connectivity index (χ3v) is 4.32. The molecule has 0 aromatic carbocycles. The maximum Gasteiger partial charge on any atom is 0.239 e. The number of anilines is 1. The van der Waals surface area contributed by atoms with Crippen LogP contribution in [0.5, 0.6) is 0 Å². The molecule has 1 aromatic rings. The lowest BCUT2D eigenvalue weighted by molar-refractivity contribution is -0.117. The van der Waals surface area contributed by atoms with Crippen LogP contribution >= 0.6 is 23.2 Å². The Morgan fingerprint density at radius 2 is 2.10 bits per heavy atom. The molecule has 7 heteroatoms. The molecule has 1 fully saturated rings. The van der Waals surface area contributed by atoms with Crippen LogP contribution in [0.1, 0.15) is 25.7 Å². The molecular weight excluding hydrogens is 311 g/mol. The summed E-state index contributed by atoms with van der Waals surface area (Å²) in [5.74, 6) is 0.203. The average molecular weight is 331 g/mol. The largest absolute Gasteiger partial charge is 0.328 e. The summed E-state index contributed by atoms with van der Waals surface area (Å²) in [6.07, 6.45) is 5.55. The maximum atomic E-state index is 12.1. The van der Waals surface area contributed by atoms with Crippen LogP contribution in [0.4, 0.5) is 5.82 Å². The van der Waals surface area contributed by atoms with Gasteiger partial charge in [-0.05, 0) is 38.8 Å². The maximum absolute atomic E-state index is 12.1. The van der Waals surface area contributed by atoms with E-state index in [0.717, 1.165) is 25.7 Å². The van der Waals surface area contributed by atoms with Crippen molar-refractivity contribution in [1.82, 2.24) is 9.88 Å². The van der Waals surface area contributed by atoms with Crippen LogP contribution < -0.4 is 11.1 Å². The number of hydrogen-bond acceptors (Lipinski definition) is 4. The van der Waals surface area contributed by atoms with Gasteiger partial charge in [0.2, 0.25) is 5.91 Å². The zero-order valence-corrected chi connectivity index (χ0v) is 13.5. The van der Waals surface area contributed by atoms with Crippen LogP contribution in [-0.2, 0) is 4.79 Å². The Bertz CT molecular complexity index is 504. The number of carbonyl (C=O) groups excluding carboxylic acids is 1. The molecule has 1 aliphatic carbocycles. The molecular formula is C14H20Cl2N4O. The van der Waals surface area contributed by atoms with E-state index in [4.69, 9.17) is 28.9 Å². The summed E-state index contributed by atoms with van der Waals surface area (Å²) in [5.41, 5.74) is 5.90. The van der Waals surface area contributed by atoms with Gasteiger partial charge in [-0.15, -0.1) is 0 Å². The molecule has 5 nitrogen and oxygen atoms in total. The number of carbonyl (C=O) groups is 1. The molecule has 0 atom stereocenters. The van der Waals surface area contributed by atoms with E-state index in [9.17, 15) is 4.79 Å². The monoisotopic (exact) mass is 330 g/mol. The number of hydrogen-bond donors (Lipinski definition) is 2. The number of nitrogens with one attached hydrogen (secondary N) is 1. The number of nitrogens with two attached hydrogens (primary N) is 1. The van der Waals surface area contributed by atoms with Crippen molar-refractivity contribution in [3.05, 3.63) is 22.3 Å². The van der Waals surface area contributed by atoms with Crippen molar-refractivity contribution < 1.29 is 4.79 Å². The lowest BCUT2D eigenvalue weighted by Gasteiger charge is -2.33. The first-order chi connectivity index (χ1) is 9.95. The molecule has 0 unspecified atom stereocenters. The van der Waals surface area contributed by atoms with E-state index in [0.29, 0.717) is 34.5 Å². The summed E-state index contributed by atoms with van der Waals surface area (Å²) < 4.78 is 0. The summed E-state index contributed by atoms with van der Waals surface area (Å²) >= 11 is 11.8. The standard InChI is InChI=1S/C14H20Cl2N4O/c1-20(11-4-2-10(17)3-5-11)8-13(21)19-14-12(16)6-9(15)7-18-14/h6-7,10-11H,2-5,8,17H2,1H3,(H,18,19,21). The van der Waals surface area contributed by atoms with E-state index in [-0.39, 0.29) is 5.91 Å². The number of rotatable bonds is 4. The van der Waals surface area contributed by atoms with Crippen molar-refractivity contribution >= 4 is 34.9 Å². The molecule has 1 heterocycles. The first-order valence-electron chi connectivity index (χ1n) is 7.02. The Kier molecular flexibility index (Phi) is 5.81. The van der Waals surface area contributed by atoms with E-state index >= 15 is 0 Å². The molecule has 2 rings (SSSR count). The van der Waals surface area contributed by atoms with Crippen LogP contribution in [0.25, 0.3) is 0 Å². The van der Waals surface area contributed by atoms with Gasteiger partial charge in [0.25, 0.3) is 0 Å². The lowest BCUT2D eigenvalue weighted by atomic mass is 9.91. The minimum absolute atomic E-state index is 0.135. The fraction of sp³-hybridized carbons (Fsp3) is 0.571. The Balaban J connectivity index is 1.86. The number of likely N-dealkylation sites (N-methyl/N-ethyl adjacent to an activating group) is 1. The summed E-state index contributed by atoms with van der Waals surface area (Å²) in [7, 11) is 1.96. The number of pyridine rings is 1. The predicted octanol–water partition coefficient (Wildman–Crippen LogP) is 2.53. The van der Waals surface area contributed by atoms with Crippen LogP contribution in [-0.4, -0.2) is 41.5 Å². The molecule has 0 aliphatic heterocycles. The minimum atomic E-state index is -0.135. The highest BCUT2D eigenvalue weighted by molar-refractivity contribution is 6.36. The topological polar surface area (TPSA) is 71.2 Å². The zero-order chi connectivity index (χ0) is 15.4. The van der Waals surface area contributed by atoms with Gasteiger partial charge < -0.3 is 11.1 Å². The molecule has 0 spiro atoms. The van der Waals surface area contributed by atoms with E-state index in [2.05, 4.69) is 15.2 Å². The van der Waals surface area contributed by atoms with E-state index in [1.54, 1.807) is 6.07 Å². The first kappa shape index (κ1) is 16.5. The highest BCUT2D eigenvalue weighted by Gasteiger charge is 2.23. The normalized spacial score (nSPS) is 22.3. The average Bonchev–Trinajstić information content (AvgIpc) is 2.42. The molecule has 3 N–H and O–H groups in total. The fourth-order valence-corrected chi connectivity index (χ4v) is 3.00. The molecule has 0 radical (unpaired) electrons.